The molecule has 0 amide bonds. The van der Waals surface area contributed by atoms with Gasteiger partial charge in [-0.1, -0.05) is 5.16 Å². The van der Waals surface area contributed by atoms with E-state index in [1.54, 1.807) is 0 Å². The van der Waals surface area contributed by atoms with Gasteiger partial charge in [-0.15, -0.1) is 0 Å². The van der Waals surface area contributed by atoms with Crippen LogP contribution in [0.3, 0.4) is 0 Å². The summed E-state index contributed by atoms with van der Waals surface area (Å²) in [4.78, 5) is 8.80. The molecule has 5 nitrogen and oxygen atoms in total. The highest BCUT2D eigenvalue weighted by Gasteiger charge is 2.12. The Hall–Kier alpha value is -2.69. The summed E-state index contributed by atoms with van der Waals surface area (Å²) < 4.78 is 5.36. The van der Waals surface area contributed by atoms with Crippen molar-refractivity contribution < 1.29 is 4.52 Å². The summed E-state index contributed by atoms with van der Waals surface area (Å²) in [7, 11) is 0. The molecule has 0 radical (unpaired) electrons. The molecule has 106 valence electrons. The highest BCUT2D eigenvalue weighted by Crippen LogP contribution is 2.25. The molecular weight excluding hydrogens is 264 g/mol. The third kappa shape index (κ3) is 2.63. The summed E-state index contributed by atoms with van der Waals surface area (Å²) in [6, 6.07) is 9.54. The SMILES string of the molecule is Cc1cc(-c2noc(-c3ccc(N)c(C)c3)n2)cc(C)n1. The number of hydrogen-bond acceptors (Lipinski definition) is 5. The number of anilines is 1. The van der Waals surface area contributed by atoms with Crippen LogP contribution in [-0.2, 0) is 0 Å². The molecule has 5 heteroatoms. The van der Waals surface area contributed by atoms with Gasteiger partial charge in [0.15, 0.2) is 0 Å². The Balaban J connectivity index is 2.01. The molecule has 0 spiro atoms. The van der Waals surface area contributed by atoms with Gasteiger partial charge >= 0.3 is 0 Å². The molecular formula is C16H16N4O. The van der Waals surface area contributed by atoms with E-state index < -0.39 is 0 Å². The third-order valence-electron chi connectivity index (χ3n) is 3.28. The standard InChI is InChI=1S/C16H16N4O/c1-9-6-12(4-5-14(9)17)16-19-15(20-21-16)13-7-10(2)18-11(3)8-13/h4-8H,17H2,1-3H3. The second kappa shape index (κ2) is 5.01. The number of nitrogens with two attached hydrogens (primary N) is 1. The van der Waals surface area contributed by atoms with Crippen molar-refractivity contribution in [3.05, 3.63) is 47.3 Å². The van der Waals surface area contributed by atoms with Gasteiger partial charge in [-0.2, -0.15) is 4.98 Å². The molecule has 3 rings (SSSR count). The predicted molar refractivity (Wildman–Crippen MR) is 81.6 cm³/mol. The fourth-order valence-corrected chi connectivity index (χ4v) is 2.23. The number of aromatic nitrogens is 3. The van der Waals surface area contributed by atoms with E-state index in [1.165, 1.54) is 0 Å². The van der Waals surface area contributed by atoms with Crippen LogP contribution in [0, 0.1) is 20.8 Å². The maximum absolute atomic E-state index is 5.82. The van der Waals surface area contributed by atoms with Gasteiger partial charge in [0, 0.05) is 28.2 Å². The zero-order valence-corrected chi connectivity index (χ0v) is 12.2. The van der Waals surface area contributed by atoms with Crippen molar-refractivity contribution in [1.29, 1.82) is 0 Å². The molecule has 0 fully saturated rings. The number of nitrogen functional groups attached to an aromatic ring is 1. The normalized spacial score (nSPS) is 10.8. The van der Waals surface area contributed by atoms with Crippen molar-refractivity contribution in [3.8, 4) is 22.8 Å². The molecule has 0 atom stereocenters. The van der Waals surface area contributed by atoms with E-state index in [0.29, 0.717) is 11.7 Å². The fraction of sp³-hybridized carbons (Fsp3) is 0.188. The zero-order chi connectivity index (χ0) is 15.0. The molecule has 0 unspecified atom stereocenters. The van der Waals surface area contributed by atoms with Gasteiger partial charge in [0.25, 0.3) is 5.89 Å². The largest absolute Gasteiger partial charge is 0.399 e. The Morgan fingerprint density at radius 1 is 0.905 bits per heavy atom. The zero-order valence-electron chi connectivity index (χ0n) is 12.2. The monoisotopic (exact) mass is 280 g/mol. The molecule has 2 heterocycles. The topological polar surface area (TPSA) is 77.8 Å². The van der Waals surface area contributed by atoms with Crippen molar-refractivity contribution >= 4 is 5.69 Å². The van der Waals surface area contributed by atoms with Crippen LogP contribution in [-0.4, -0.2) is 15.1 Å². The van der Waals surface area contributed by atoms with Crippen molar-refractivity contribution in [3.63, 3.8) is 0 Å². The van der Waals surface area contributed by atoms with E-state index in [2.05, 4.69) is 15.1 Å². The second-order valence-corrected chi connectivity index (χ2v) is 5.13. The van der Waals surface area contributed by atoms with E-state index in [0.717, 1.165) is 33.8 Å². The molecule has 1 aromatic carbocycles. The number of benzene rings is 1. The van der Waals surface area contributed by atoms with Crippen LogP contribution in [0.4, 0.5) is 5.69 Å². The van der Waals surface area contributed by atoms with E-state index in [9.17, 15) is 0 Å². The molecule has 3 aromatic rings. The Kier molecular flexibility index (Phi) is 3.17. The maximum atomic E-state index is 5.82. The molecule has 0 aliphatic rings. The molecule has 0 aliphatic heterocycles. The van der Waals surface area contributed by atoms with Crippen LogP contribution in [0.5, 0.6) is 0 Å². The summed E-state index contributed by atoms with van der Waals surface area (Å²) in [5, 5.41) is 4.05. The quantitative estimate of drug-likeness (QED) is 0.729. The molecule has 0 aliphatic carbocycles. The van der Waals surface area contributed by atoms with E-state index in [4.69, 9.17) is 10.3 Å². The molecule has 21 heavy (non-hydrogen) atoms. The Bertz CT molecular complexity index is 788. The van der Waals surface area contributed by atoms with Gasteiger partial charge < -0.3 is 10.3 Å². The summed E-state index contributed by atoms with van der Waals surface area (Å²) in [5.41, 5.74) is 11.2. The number of hydrogen-bond donors (Lipinski definition) is 1. The van der Waals surface area contributed by atoms with E-state index >= 15 is 0 Å². The van der Waals surface area contributed by atoms with Crippen molar-refractivity contribution in [2.24, 2.45) is 0 Å². The van der Waals surface area contributed by atoms with Crippen molar-refractivity contribution in [1.82, 2.24) is 15.1 Å². The number of nitrogens with zero attached hydrogens (tertiary/aromatic N) is 3. The lowest BCUT2D eigenvalue weighted by molar-refractivity contribution is 0.432. The first-order chi connectivity index (χ1) is 10.0. The first-order valence-electron chi connectivity index (χ1n) is 6.69. The lowest BCUT2D eigenvalue weighted by atomic mass is 10.1. The van der Waals surface area contributed by atoms with Gasteiger partial charge in [-0.05, 0) is 56.7 Å². The third-order valence-corrected chi connectivity index (χ3v) is 3.28. The van der Waals surface area contributed by atoms with Crippen LogP contribution in [0.2, 0.25) is 0 Å². The Labute approximate surface area is 122 Å². The molecule has 0 bridgehead atoms. The van der Waals surface area contributed by atoms with Gasteiger partial charge in [0.05, 0.1) is 0 Å². The smallest absolute Gasteiger partial charge is 0.258 e. The average molecular weight is 280 g/mol. The lowest BCUT2D eigenvalue weighted by Gasteiger charge is -2.00. The van der Waals surface area contributed by atoms with Crippen molar-refractivity contribution in [2.45, 2.75) is 20.8 Å². The fourth-order valence-electron chi connectivity index (χ4n) is 2.23. The summed E-state index contributed by atoms with van der Waals surface area (Å²) in [6.07, 6.45) is 0. The highest BCUT2D eigenvalue weighted by atomic mass is 16.5. The minimum absolute atomic E-state index is 0.486. The summed E-state index contributed by atoms with van der Waals surface area (Å²) in [5.74, 6) is 1.05. The molecule has 0 saturated carbocycles. The molecule has 0 saturated heterocycles. The van der Waals surface area contributed by atoms with Gasteiger partial charge in [-0.3, -0.25) is 4.98 Å². The van der Waals surface area contributed by atoms with Gasteiger partial charge in [0.1, 0.15) is 0 Å². The van der Waals surface area contributed by atoms with Crippen LogP contribution in [0.25, 0.3) is 22.8 Å². The average Bonchev–Trinajstić information content (AvgIpc) is 2.90. The van der Waals surface area contributed by atoms with Crippen LogP contribution < -0.4 is 5.73 Å². The molecule has 2 N–H and O–H groups in total. The van der Waals surface area contributed by atoms with Crippen LogP contribution in [0.1, 0.15) is 17.0 Å². The number of rotatable bonds is 2. The predicted octanol–water partition coefficient (Wildman–Crippen LogP) is 3.31. The summed E-state index contributed by atoms with van der Waals surface area (Å²) >= 11 is 0. The number of pyridine rings is 1. The van der Waals surface area contributed by atoms with Crippen LogP contribution >= 0.6 is 0 Å². The first-order valence-corrected chi connectivity index (χ1v) is 6.69. The van der Waals surface area contributed by atoms with E-state index in [1.807, 2.05) is 51.1 Å². The Morgan fingerprint density at radius 2 is 1.62 bits per heavy atom. The highest BCUT2D eigenvalue weighted by molar-refractivity contribution is 5.63. The Morgan fingerprint density at radius 3 is 2.29 bits per heavy atom. The lowest BCUT2D eigenvalue weighted by Crippen LogP contribution is -1.90. The van der Waals surface area contributed by atoms with E-state index in [-0.39, 0.29) is 0 Å². The first kappa shape index (κ1) is 13.3. The van der Waals surface area contributed by atoms with Gasteiger partial charge in [0.2, 0.25) is 5.82 Å². The maximum Gasteiger partial charge on any atom is 0.258 e. The summed E-state index contributed by atoms with van der Waals surface area (Å²) in [6.45, 7) is 5.84. The molecule has 2 aromatic heterocycles. The van der Waals surface area contributed by atoms with Crippen molar-refractivity contribution in [2.75, 3.05) is 5.73 Å². The second-order valence-electron chi connectivity index (χ2n) is 5.13. The minimum Gasteiger partial charge on any atom is -0.399 e. The van der Waals surface area contributed by atoms with Crippen LogP contribution in [0.15, 0.2) is 34.9 Å². The minimum atomic E-state index is 0.486. The van der Waals surface area contributed by atoms with Gasteiger partial charge in [-0.25, -0.2) is 0 Å². The number of aryl methyl sites for hydroxylation is 3.